The van der Waals surface area contributed by atoms with Crippen molar-refractivity contribution in [3.05, 3.63) is 68.7 Å². The lowest BCUT2D eigenvalue weighted by atomic mass is 10.0. The van der Waals surface area contributed by atoms with Gasteiger partial charge in [-0.05, 0) is 30.4 Å². The van der Waals surface area contributed by atoms with Crippen LogP contribution < -0.4 is 10.1 Å². The lowest BCUT2D eigenvalue weighted by Crippen LogP contribution is -2.03. The molecule has 0 radical (unpaired) electrons. The lowest BCUT2D eigenvalue weighted by molar-refractivity contribution is -0.387. The van der Waals surface area contributed by atoms with Gasteiger partial charge in [0.2, 0.25) is 11.8 Å². The Hall–Kier alpha value is -3.72. The second-order valence-corrected chi connectivity index (χ2v) is 8.29. The van der Waals surface area contributed by atoms with Crippen molar-refractivity contribution >= 4 is 39.8 Å². The molecule has 0 saturated carbocycles. The van der Waals surface area contributed by atoms with E-state index in [9.17, 15) is 14.5 Å². The minimum atomic E-state index is -0.997. The van der Waals surface area contributed by atoms with E-state index in [-0.39, 0.29) is 17.4 Å². The number of ether oxygens (including phenoxy) is 1. The molecule has 2 aromatic heterocycles. The summed E-state index contributed by atoms with van der Waals surface area (Å²) in [6.45, 7) is 0. The Balaban J connectivity index is 1.60. The second-order valence-electron chi connectivity index (χ2n) is 7.88. The van der Waals surface area contributed by atoms with Gasteiger partial charge in [-0.2, -0.15) is 4.39 Å². The number of fused-ring (bicyclic) bond motifs is 3. The van der Waals surface area contributed by atoms with Crippen molar-refractivity contribution in [1.29, 1.82) is 0 Å². The Kier molecular flexibility index (Phi) is 5.13. The van der Waals surface area contributed by atoms with Gasteiger partial charge < -0.3 is 14.6 Å². The molecule has 2 aromatic carbocycles. The zero-order valence-corrected chi connectivity index (χ0v) is 18.6. The van der Waals surface area contributed by atoms with Gasteiger partial charge in [-0.3, -0.25) is 10.1 Å². The summed E-state index contributed by atoms with van der Waals surface area (Å²) in [5.74, 6) is -0.769. The zero-order valence-electron chi connectivity index (χ0n) is 17.9. The summed E-state index contributed by atoms with van der Waals surface area (Å²) >= 11 is 6.48. The maximum atomic E-state index is 14.0. The SMILES string of the molecule is COc1cc(F)c([N+](=O)[O-])cc1Nc1ncc(Cl)c(-c2cn(C)c3c4c(ccc23)CCC4)n1. The third-order valence-corrected chi connectivity index (χ3v) is 6.21. The van der Waals surface area contributed by atoms with Crippen LogP contribution in [-0.2, 0) is 19.9 Å². The number of hydrogen-bond donors (Lipinski definition) is 1. The van der Waals surface area contributed by atoms with Gasteiger partial charge in [0.05, 0.1) is 40.2 Å². The maximum Gasteiger partial charge on any atom is 0.307 e. The number of nitro groups is 1. The Labute approximate surface area is 193 Å². The Morgan fingerprint density at radius 2 is 2.12 bits per heavy atom. The number of methoxy groups -OCH3 is 1. The number of anilines is 2. The first-order valence-electron chi connectivity index (χ1n) is 10.3. The topological polar surface area (TPSA) is 95.1 Å². The van der Waals surface area contributed by atoms with Gasteiger partial charge in [-0.15, -0.1) is 0 Å². The molecule has 33 heavy (non-hydrogen) atoms. The molecule has 168 valence electrons. The van der Waals surface area contributed by atoms with Crippen molar-refractivity contribution in [3.63, 3.8) is 0 Å². The van der Waals surface area contributed by atoms with Gasteiger partial charge in [0, 0.05) is 36.3 Å². The van der Waals surface area contributed by atoms with E-state index in [0.717, 1.165) is 42.3 Å². The van der Waals surface area contributed by atoms with E-state index in [1.165, 1.54) is 30.0 Å². The molecule has 8 nitrogen and oxygen atoms in total. The third kappa shape index (κ3) is 3.54. The van der Waals surface area contributed by atoms with Gasteiger partial charge in [0.1, 0.15) is 5.75 Å². The van der Waals surface area contributed by atoms with Crippen LogP contribution in [0.4, 0.5) is 21.7 Å². The molecule has 2 heterocycles. The zero-order chi connectivity index (χ0) is 23.3. The van der Waals surface area contributed by atoms with Crippen LogP contribution in [-0.4, -0.2) is 26.6 Å². The van der Waals surface area contributed by atoms with E-state index in [1.807, 2.05) is 13.2 Å². The molecule has 0 atom stereocenters. The van der Waals surface area contributed by atoms with Crippen LogP contribution in [0.1, 0.15) is 17.5 Å². The molecular formula is C23H19ClFN5O3. The normalized spacial score (nSPS) is 12.7. The van der Waals surface area contributed by atoms with Crippen LogP contribution in [0, 0.1) is 15.9 Å². The molecule has 0 aliphatic heterocycles. The number of halogens is 2. The summed E-state index contributed by atoms with van der Waals surface area (Å²) in [5, 5.41) is 15.5. The number of aryl methyl sites for hydroxylation is 3. The van der Waals surface area contributed by atoms with Crippen LogP contribution in [0.2, 0.25) is 5.02 Å². The average molecular weight is 468 g/mol. The van der Waals surface area contributed by atoms with E-state index in [0.29, 0.717) is 10.7 Å². The summed E-state index contributed by atoms with van der Waals surface area (Å²) in [4.78, 5) is 19.1. The molecule has 0 unspecified atom stereocenters. The smallest absolute Gasteiger partial charge is 0.307 e. The summed E-state index contributed by atoms with van der Waals surface area (Å²) in [7, 11) is 3.34. The molecule has 5 rings (SSSR count). The van der Waals surface area contributed by atoms with Gasteiger partial charge >= 0.3 is 5.69 Å². The fourth-order valence-electron chi connectivity index (χ4n) is 4.47. The Morgan fingerprint density at radius 3 is 2.88 bits per heavy atom. The molecule has 4 aromatic rings. The highest BCUT2D eigenvalue weighted by atomic mass is 35.5. The van der Waals surface area contributed by atoms with E-state index >= 15 is 0 Å². The van der Waals surface area contributed by atoms with E-state index in [2.05, 4.69) is 32.0 Å². The molecule has 10 heteroatoms. The molecule has 1 aliphatic carbocycles. The highest BCUT2D eigenvalue weighted by Crippen LogP contribution is 2.39. The standard InChI is InChI=1S/C23H19ClFN5O3/c1-29-11-15(14-7-6-12-4-3-5-13(12)22(14)29)21-16(24)10-26-23(28-21)27-18-9-19(30(31)32)17(25)8-20(18)33-2/h6-11H,3-5H2,1-2H3,(H,26,27,28). The van der Waals surface area contributed by atoms with Gasteiger partial charge in [-0.1, -0.05) is 23.7 Å². The van der Waals surface area contributed by atoms with Crippen LogP contribution in [0.15, 0.2) is 36.7 Å². The third-order valence-electron chi connectivity index (χ3n) is 5.93. The highest BCUT2D eigenvalue weighted by Gasteiger charge is 2.22. The molecule has 0 saturated heterocycles. The summed E-state index contributed by atoms with van der Waals surface area (Å²) < 4.78 is 21.2. The van der Waals surface area contributed by atoms with Gasteiger partial charge in [-0.25, -0.2) is 9.97 Å². The van der Waals surface area contributed by atoms with Gasteiger partial charge in [0.25, 0.3) is 0 Å². The summed E-state index contributed by atoms with van der Waals surface area (Å²) in [5.41, 5.74) is 4.75. The van der Waals surface area contributed by atoms with Crippen LogP contribution >= 0.6 is 11.6 Å². The van der Waals surface area contributed by atoms with E-state index < -0.39 is 16.4 Å². The van der Waals surface area contributed by atoms with Crippen molar-refractivity contribution in [1.82, 2.24) is 14.5 Å². The fraction of sp³-hybridized carbons (Fsp3) is 0.217. The fourth-order valence-corrected chi connectivity index (χ4v) is 4.66. The number of nitrogens with zero attached hydrogens (tertiary/aromatic N) is 4. The molecule has 1 N–H and O–H groups in total. The Morgan fingerprint density at radius 1 is 1.30 bits per heavy atom. The second kappa shape index (κ2) is 8.00. The largest absolute Gasteiger partial charge is 0.494 e. The van der Waals surface area contributed by atoms with E-state index in [4.69, 9.17) is 16.3 Å². The van der Waals surface area contributed by atoms with Crippen molar-refractivity contribution in [2.24, 2.45) is 7.05 Å². The van der Waals surface area contributed by atoms with Gasteiger partial charge in [0.15, 0.2) is 0 Å². The number of rotatable bonds is 5. The first-order chi connectivity index (χ1) is 15.9. The van der Waals surface area contributed by atoms with Crippen molar-refractivity contribution in [3.8, 4) is 17.0 Å². The quantitative estimate of drug-likeness (QED) is 0.304. The first-order valence-corrected chi connectivity index (χ1v) is 10.7. The average Bonchev–Trinajstić information content (AvgIpc) is 3.39. The number of aromatic nitrogens is 3. The molecule has 0 amide bonds. The maximum absolute atomic E-state index is 14.0. The van der Waals surface area contributed by atoms with Crippen molar-refractivity contribution in [2.75, 3.05) is 12.4 Å². The van der Waals surface area contributed by atoms with E-state index in [1.54, 1.807) is 0 Å². The molecule has 0 spiro atoms. The number of nitrogens with one attached hydrogen (secondary N) is 1. The molecular weight excluding hydrogens is 449 g/mol. The number of hydrogen-bond acceptors (Lipinski definition) is 6. The van der Waals surface area contributed by atoms with Crippen LogP contribution in [0.25, 0.3) is 22.2 Å². The van der Waals surface area contributed by atoms with Crippen LogP contribution in [0.3, 0.4) is 0 Å². The molecule has 1 aliphatic rings. The minimum absolute atomic E-state index is 0.0823. The highest BCUT2D eigenvalue weighted by molar-refractivity contribution is 6.33. The number of benzene rings is 2. The number of nitro benzene ring substituents is 1. The Bertz CT molecular complexity index is 1440. The van der Waals surface area contributed by atoms with Crippen molar-refractivity contribution < 1.29 is 14.1 Å². The summed E-state index contributed by atoms with van der Waals surface area (Å²) in [6.07, 6.45) is 6.72. The predicted octanol–water partition coefficient (Wildman–Crippen LogP) is 5.58. The predicted molar refractivity (Wildman–Crippen MR) is 124 cm³/mol. The summed E-state index contributed by atoms with van der Waals surface area (Å²) in [6, 6.07) is 6.24. The molecule has 0 bridgehead atoms. The minimum Gasteiger partial charge on any atom is -0.494 e. The first kappa shape index (κ1) is 21.1. The van der Waals surface area contributed by atoms with Crippen molar-refractivity contribution in [2.45, 2.75) is 19.3 Å². The van der Waals surface area contributed by atoms with Crippen LogP contribution in [0.5, 0.6) is 5.75 Å². The monoisotopic (exact) mass is 467 g/mol. The molecule has 0 fully saturated rings. The lowest BCUT2D eigenvalue weighted by Gasteiger charge is -2.11.